The Bertz CT molecular complexity index is 465. The lowest BCUT2D eigenvalue weighted by Gasteiger charge is -2.10. The normalized spacial score (nSPS) is 11.3. The van der Waals surface area contributed by atoms with Gasteiger partial charge in [-0.2, -0.15) is 0 Å². The van der Waals surface area contributed by atoms with Crippen molar-refractivity contribution in [1.82, 2.24) is 0 Å². The largest absolute Gasteiger partial charge is 0.494 e. The minimum Gasteiger partial charge on any atom is -0.494 e. The number of hydrogen-bond donors (Lipinski definition) is 1. The SMILES string of the molecule is CC#C[C@@H](CC(=O)O)c1ccc(OCCCCC)cc1. The average Bonchev–Trinajstić information content (AvgIpc) is 2.43. The third-order valence-electron chi connectivity index (χ3n) is 3.00. The van der Waals surface area contributed by atoms with Crippen molar-refractivity contribution in [2.75, 3.05) is 6.61 Å². The van der Waals surface area contributed by atoms with Crippen LogP contribution >= 0.6 is 0 Å². The van der Waals surface area contributed by atoms with Crippen LogP contribution in [0.4, 0.5) is 0 Å². The van der Waals surface area contributed by atoms with E-state index in [0.717, 1.165) is 24.3 Å². The first kappa shape index (κ1) is 16.1. The highest BCUT2D eigenvalue weighted by atomic mass is 16.5. The summed E-state index contributed by atoms with van der Waals surface area (Å²) in [6.07, 6.45) is 3.43. The molecule has 0 fully saturated rings. The summed E-state index contributed by atoms with van der Waals surface area (Å²) >= 11 is 0. The maximum absolute atomic E-state index is 10.8. The van der Waals surface area contributed by atoms with Gasteiger partial charge in [-0.15, -0.1) is 5.92 Å². The van der Waals surface area contributed by atoms with Gasteiger partial charge in [0.1, 0.15) is 5.75 Å². The van der Waals surface area contributed by atoms with Crippen molar-refractivity contribution in [3.63, 3.8) is 0 Å². The van der Waals surface area contributed by atoms with Gasteiger partial charge in [-0.1, -0.05) is 37.8 Å². The van der Waals surface area contributed by atoms with E-state index >= 15 is 0 Å². The second-order valence-corrected chi connectivity index (χ2v) is 4.67. The average molecular weight is 274 g/mol. The minimum atomic E-state index is -0.836. The molecular formula is C17H22O3. The molecule has 3 nitrogen and oxygen atoms in total. The van der Waals surface area contributed by atoms with Gasteiger partial charge < -0.3 is 9.84 Å². The van der Waals surface area contributed by atoms with E-state index in [1.54, 1.807) is 6.92 Å². The Morgan fingerprint density at radius 1 is 1.30 bits per heavy atom. The first-order valence-electron chi connectivity index (χ1n) is 7.04. The zero-order chi connectivity index (χ0) is 14.8. The molecule has 0 amide bonds. The Labute approximate surface area is 121 Å². The second-order valence-electron chi connectivity index (χ2n) is 4.67. The minimum absolute atomic E-state index is 0.0253. The molecule has 1 aromatic carbocycles. The maximum Gasteiger partial charge on any atom is 0.304 e. The van der Waals surface area contributed by atoms with Crippen molar-refractivity contribution in [3.05, 3.63) is 29.8 Å². The van der Waals surface area contributed by atoms with E-state index < -0.39 is 5.97 Å². The van der Waals surface area contributed by atoms with E-state index in [2.05, 4.69) is 18.8 Å². The second kappa shape index (κ2) is 9.03. The molecule has 0 aliphatic carbocycles. The molecule has 0 bridgehead atoms. The molecule has 0 radical (unpaired) electrons. The summed E-state index contributed by atoms with van der Waals surface area (Å²) < 4.78 is 5.63. The van der Waals surface area contributed by atoms with Crippen molar-refractivity contribution in [1.29, 1.82) is 0 Å². The number of ether oxygens (including phenoxy) is 1. The van der Waals surface area contributed by atoms with Crippen LogP contribution in [0.25, 0.3) is 0 Å². The van der Waals surface area contributed by atoms with Crippen LogP contribution in [-0.4, -0.2) is 17.7 Å². The number of carbonyl (C=O) groups is 1. The molecule has 108 valence electrons. The van der Waals surface area contributed by atoms with Crippen LogP contribution in [0, 0.1) is 11.8 Å². The van der Waals surface area contributed by atoms with E-state index in [-0.39, 0.29) is 12.3 Å². The number of benzene rings is 1. The molecule has 0 aromatic heterocycles. The molecule has 3 heteroatoms. The van der Waals surface area contributed by atoms with Gasteiger partial charge in [-0.05, 0) is 31.0 Å². The van der Waals surface area contributed by atoms with Crippen LogP contribution in [0.1, 0.15) is 51.0 Å². The highest BCUT2D eigenvalue weighted by molar-refractivity contribution is 5.69. The standard InChI is InChI=1S/C17H22O3/c1-3-5-6-12-20-16-10-8-14(9-11-16)15(7-4-2)13-17(18)19/h8-11,15H,3,5-6,12-13H2,1-2H3,(H,18,19)/t15-/m0/s1. The molecule has 0 heterocycles. The topological polar surface area (TPSA) is 46.5 Å². The molecule has 1 atom stereocenters. The predicted octanol–water partition coefficient (Wildman–Crippen LogP) is 3.84. The van der Waals surface area contributed by atoms with E-state index in [0.29, 0.717) is 0 Å². The molecule has 1 aromatic rings. The van der Waals surface area contributed by atoms with Crippen LogP contribution in [-0.2, 0) is 4.79 Å². The zero-order valence-electron chi connectivity index (χ0n) is 12.2. The number of hydrogen-bond acceptors (Lipinski definition) is 2. The quantitative estimate of drug-likeness (QED) is 0.578. The summed E-state index contributed by atoms with van der Waals surface area (Å²) in [4.78, 5) is 10.8. The van der Waals surface area contributed by atoms with Crippen LogP contribution in [0.2, 0.25) is 0 Å². The fraction of sp³-hybridized carbons (Fsp3) is 0.471. The molecule has 0 saturated carbocycles. The third kappa shape index (κ3) is 5.79. The predicted molar refractivity (Wildman–Crippen MR) is 79.9 cm³/mol. The smallest absolute Gasteiger partial charge is 0.304 e. The maximum atomic E-state index is 10.8. The van der Waals surface area contributed by atoms with E-state index in [9.17, 15) is 4.79 Å². The van der Waals surface area contributed by atoms with Crippen LogP contribution < -0.4 is 4.74 Å². The Hall–Kier alpha value is -1.95. The number of carboxylic acids is 1. The molecule has 1 rings (SSSR count). The fourth-order valence-electron chi connectivity index (χ4n) is 1.94. The molecule has 0 aliphatic heterocycles. The van der Waals surface area contributed by atoms with Crippen molar-refractivity contribution < 1.29 is 14.6 Å². The van der Waals surface area contributed by atoms with Gasteiger partial charge in [0.05, 0.1) is 18.9 Å². The Morgan fingerprint density at radius 2 is 2.00 bits per heavy atom. The highest BCUT2D eigenvalue weighted by Gasteiger charge is 2.12. The summed E-state index contributed by atoms with van der Waals surface area (Å²) in [6, 6.07) is 7.56. The van der Waals surface area contributed by atoms with Gasteiger partial charge in [0.15, 0.2) is 0 Å². The Morgan fingerprint density at radius 3 is 2.55 bits per heavy atom. The van der Waals surface area contributed by atoms with Crippen molar-refractivity contribution >= 4 is 5.97 Å². The van der Waals surface area contributed by atoms with Crippen LogP contribution in [0.15, 0.2) is 24.3 Å². The first-order chi connectivity index (χ1) is 9.67. The van der Waals surface area contributed by atoms with Gasteiger partial charge in [-0.25, -0.2) is 0 Å². The van der Waals surface area contributed by atoms with E-state index in [1.165, 1.54) is 12.8 Å². The Balaban J connectivity index is 2.62. The van der Waals surface area contributed by atoms with Gasteiger partial charge in [0, 0.05) is 0 Å². The highest BCUT2D eigenvalue weighted by Crippen LogP contribution is 2.22. The zero-order valence-corrected chi connectivity index (χ0v) is 12.2. The summed E-state index contributed by atoms with van der Waals surface area (Å²) in [7, 11) is 0. The van der Waals surface area contributed by atoms with Crippen LogP contribution in [0.5, 0.6) is 5.75 Å². The number of unbranched alkanes of at least 4 members (excludes halogenated alkanes) is 2. The summed E-state index contributed by atoms with van der Waals surface area (Å²) in [6.45, 7) is 4.60. The molecule has 20 heavy (non-hydrogen) atoms. The number of rotatable bonds is 8. The number of carboxylic acid groups (broad SMARTS) is 1. The summed E-state index contributed by atoms with van der Waals surface area (Å²) in [5, 5.41) is 8.90. The lowest BCUT2D eigenvalue weighted by atomic mass is 9.96. The molecule has 1 N–H and O–H groups in total. The monoisotopic (exact) mass is 274 g/mol. The van der Waals surface area contributed by atoms with Gasteiger partial charge in [0.2, 0.25) is 0 Å². The van der Waals surface area contributed by atoms with Gasteiger partial charge >= 0.3 is 5.97 Å². The van der Waals surface area contributed by atoms with Gasteiger partial charge in [0.25, 0.3) is 0 Å². The van der Waals surface area contributed by atoms with Crippen LogP contribution in [0.3, 0.4) is 0 Å². The van der Waals surface area contributed by atoms with Crippen molar-refractivity contribution in [3.8, 4) is 17.6 Å². The molecule has 0 unspecified atom stereocenters. The third-order valence-corrected chi connectivity index (χ3v) is 3.00. The summed E-state index contributed by atoms with van der Waals surface area (Å²) in [5.74, 6) is 5.46. The molecule has 0 aliphatic rings. The Kier molecular flexibility index (Phi) is 7.27. The van der Waals surface area contributed by atoms with Crippen molar-refractivity contribution in [2.45, 2.75) is 45.4 Å². The first-order valence-corrected chi connectivity index (χ1v) is 7.04. The lowest BCUT2D eigenvalue weighted by molar-refractivity contribution is -0.137. The number of aliphatic carboxylic acids is 1. The van der Waals surface area contributed by atoms with E-state index in [4.69, 9.17) is 9.84 Å². The van der Waals surface area contributed by atoms with Gasteiger partial charge in [-0.3, -0.25) is 4.79 Å². The fourth-order valence-corrected chi connectivity index (χ4v) is 1.94. The van der Waals surface area contributed by atoms with E-state index in [1.807, 2.05) is 24.3 Å². The molecule has 0 saturated heterocycles. The summed E-state index contributed by atoms with van der Waals surface area (Å²) in [5.41, 5.74) is 0.919. The lowest BCUT2D eigenvalue weighted by Crippen LogP contribution is -2.04. The van der Waals surface area contributed by atoms with Crippen molar-refractivity contribution in [2.24, 2.45) is 0 Å². The molecule has 0 spiro atoms. The molecular weight excluding hydrogens is 252 g/mol.